The third-order valence-electron chi connectivity index (χ3n) is 5.71. The van der Waals surface area contributed by atoms with Crippen LogP contribution in [0.5, 0.6) is 0 Å². The van der Waals surface area contributed by atoms with Crippen LogP contribution in [0.15, 0.2) is 53.9 Å². The van der Waals surface area contributed by atoms with Crippen molar-refractivity contribution in [3.05, 3.63) is 54.4 Å². The van der Waals surface area contributed by atoms with E-state index in [1.807, 2.05) is 53.4 Å². The maximum Gasteiger partial charge on any atom is 0.273 e. The third kappa shape index (κ3) is 3.53. The standard InChI is InChI=1S/C21H25N3O/c25-21(19-9-3-4-10-20(19)24-13-5-6-14-24)23-22-18-12-11-16-7-1-2-8-17(16)15-18/h3-6,9-10,13-14,16-17H,1-2,7-8,11-12,15H2,(H,23,25)/b22-18+/t16-,17-/m1/s1. The van der Waals surface area contributed by atoms with Crippen molar-refractivity contribution in [1.29, 1.82) is 0 Å². The van der Waals surface area contributed by atoms with E-state index in [-0.39, 0.29) is 5.91 Å². The Morgan fingerprint density at radius 1 is 1.00 bits per heavy atom. The number of nitrogens with one attached hydrogen (secondary N) is 1. The van der Waals surface area contributed by atoms with Gasteiger partial charge in [0.15, 0.2) is 0 Å². The molecule has 1 N–H and O–H groups in total. The maximum atomic E-state index is 12.7. The van der Waals surface area contributed by atoms with Crippen LogP contribution in [0, 0.1) is 11.8 Å². The molecule has 4 nitrogen and oxygen atoms in total. The quantitative estimate of drug-likeness (QED) is 0.822. The first-order valence-corrected chi connectivity index (χ1v) is 9.39. The van der Waals surface area contributed by atoms with Crippen LogP contribution in [0.3, 0.4) is 0 Å². The monoisotopic (exact) mass is 335 g/mol. The van der Waals surface area contributed by atoms with E-state index in [2.05, 4.69) is 10.5 Å². The molecule has 1 aromatic heterocycles. The van der Waals surface area contributed by atoms with E-state index in [1.165, 1.54) is 32.1 Å². The number of aromatic nitrogens is 1. The van der Waals surface area contributed by atoms with Crippen molar-refractivity contribution in [1.82, 2.24) is 9.99 Å². The van der Waals surface area contributed by atoms with Crippen LogP contribution < -0.4 is 5.43 Å². The van der Waals surface area contributed by atoms with E-state index >= 15 is 0 Å². The summed E-state index contributed by atoms with van der Waals surface area (Å²) in [6.45, 7) is 0. The van der Waals surface area contributed by atoms with E-state index in [1.54, 1.807) is 0 Å². The van der Waals surface area contributed by atoms with E-state index in [0.717, 1.165) is 36.1 Å². The second-order valence-electron chi connectivity index (χ2n) is 7.27. The lowest BCUT2D eigenvalue weighted by molar-refractivity contribution is 0.0954. The van der Waals surface area contributed by atoms with Crippen molar-refractivity contribution in [2.75, 3.05) is 0 Å². The summed E-state index contributed by atoms with van der Waals surface area (Å²) in [4.78, 5) is 12.7. The summed E-state index contributed by atoms with van der Waals surface area (Å²) >= 11 is 0. The minimum absolute atomic E-state index is 0.137. The van der Waals surface area contributed by atoms with Gasteiger partial charge in [-0.25, -0.2) is 5.43 Å². The normalized spacial score (nSPS) is 24.7. The number of nitrogens with zero attached hydrogens (tertiary/aromatic N) is 2. The predicted octanol–water partition coefficient (Wildman–Crippen LogP) is 4.55. The Balaban J connectivity index is 1.46. The summed E-state index contributed by atoms with van der Waals surface area (Å²) in [7, 11) is 0. The minimum Gasteiger partial charge on any atom is -0.323 e. The molecule has 2 aliphatic rings. The molecule has 130 valence electrons. The van der Waals surface area contributed by atoms with Crippen molar-refractivity contribution in [2.24, 2.45) is 16.9 Å². The average molecular weight is 335 g/mol. The van der Waals surface area contributed by atoms with Crippen molar-refractivity contribution in [3.63, 3.8) is 0 Å². The van der Waals surface area contributed by atoms with Gasteiger partial charge in [-0.2, -0.15) is 5.10 Å². The topological polar surface area (TPSA) is 46.4 Å². The van der Waals surface area contributed by atoms with Crippen LogP contribution in [0.1, 0.15) is 55.3 Å². The molecule has 0 radical (unpaired) electrons. The van der Waals surface area contributed by atoms with Gasteiger partial charge in [-0.1, -0.05) is 31.4 Å². The van der Waals surface area contributed by atoms with Gasteiger partial charge in [0.1, 0.15) is 0 Å². The molecule has 1 heterocycles. The highest BCUT2D eigenvalue weighted by Crippen LogP contribution is 2.39. The first-order valence-electron chi connectivity index (χ1n) is 9.39. The molecule has 0 aliphatic heterocycles. The van der Waals surface area contributed by atoms with E-state index in [0.29, 0.717) is 5.56 Å². The Bertz CT molecular complexity index is 763. The number of fused-ring (bicyclic) bond motifs is 1. The second-order valence-corrected chi connectivity index (χ2v) is 7.27. The van der Waals surface area contributed by atoms with Gasteiger partial charge >= 0.3 is 0 Å². The fourth-order valence-corrected chi connectivity index (χ4v) is 4.37. The highest BCUT2D eigenvalue weighted by atomic mass is 16.2. The SMILES string of the molecule is O=C(N/N=C1\CC[C@H]2CCCC[C@@H]2C1)c1ccccc1-n1cccc1. The van der Waals surface area contributed by atoms with Gasteiger partial charge in [0.25, 0.3) is 5.91 Å². The lowest BCUT2D eigenvalue weighted by Crippen LogP contribution is -2.30. The molecule has 4 heteroatoms. The highest BCUT2D eigenvalue weighted by molar-refractivity contribution is 5.98. The first-order chi connectivity index (χ1) is 12.3. The third-order valence-corrected chi connectivity index (χ3v) is 5.71. The molecular formula is C21H25N3O. The zero-order valence-corrected chi connectivity index (χ0v) is 14.5. The summed E-state index contributed by atoms with van der Waals surface area (Å²) in [6.07, 6.45) is 12.7. The molecule has 0 unspecified atom stereocenters. The maximum absolute atomic E-state index is 12.7. The Kier molecular flexibility index (Phi) is 4.68. The number of hydrogen-bond donors (Lipinski definition) is 1. The molecule has 0 saturated heterocycles. The Hall–Kier alpha value is -2.36. The summed E-state index contributed by atoms with van der Waals surface area (Å²) in [6, 6.07) is 11.6. The summed E-state index contributed by atoms with van der Waals surface area (Å²) in [5, 5.41) is 4.48. The van der Waals surface area contributed by atoms with Gasteiger partial charge in [0.05, 0.1) is 11.3 Å². The van der Waals surface area contributed by atoms with Crippen molar-refractivity contribution in [2.45, 2.75) is 44.9 Å². The van der Waals surface area contributed by atoms with E-state index in [9.17, 15) is 4.79 Å². The van der Waals surface area contributed by atoms with Gasteiger partial charge in [-0.15, -0.1) is 0 Å². The average Bonchev–Trinajstić information content (AvgIpc) is 3.20. The summed E-state index contributed by atoms with van der Waals surface area (Å²) in [5.74, 6) is 1.53. The highest BCUT2D eigenvalue weighted by Gasteiger charge is 2.30. The Morgan fingerprint density at radius 3 is 2.60 bits per heavy atom. The fraction of sp³-hybridized carbons (Fsp3) is 0.429. The van der Waals surface area contributed by atoms with Gasteiger partial charge in [0.2, 0.25) is 0 Å². The van der Waals surface area contributed by atoms with Crippen LogP contribution in [0.25, 0.3) is 5.69 Å². The number of carbonyl (C=O) groups excluding carboxylic acids is 1. The lowest BCUT2D eigenvalue weighted by atomic mass is 9.70. The lowest BCUT2D eigenvalue weighted by Gasteiger charge is -2.35. The molecule has 0 spiro atoms. The predicted molar refractivity (Wildman–Crippen MR) is 100.0 cm³/mol. The Morgan fingerprint density at radius 2 is 1.76 bits per heavy atom. The number of para-hydroxylation sites is 1. The van der Waals surface area contributed by atoms with Gasteiger partial charge in [-0.3, -0.25) is 4.79 Å². The molecule has 2 aromatic rings. The van der Waals surface area contributed by atoms with Crippen molar-refractivity contribution >= 4 is 11.6 Å². The first kappa shape index (κ1) is 16.1. The molecule has 25 heavy (non-hydrogen) atoms. The molecule has 1 aromatic carbocycles. The number of hydrogen-bond acceptors (Lipinski definition) is 2. The summed E-state index contributed by atoms with van der Waals surface area (Å²) in [5.41, 5.74) is 5.49. The van der Waals surface area contributed by atoms with Crippen LogP contribution in [0.2, 0.25) is 0 Å². The molecule has 4 rings (SSSR count). The van der Waals surface area contributed by atoms with Gasteiger partial charge in [0, 0.05) is 18.1 Å². The number of benzene rings is 1. The molecule has 0 bridgehead atoms. The number of amides is 1. The van der Waals surface area contributed by atoms with Gasteiger partial charge in [-0.05, 0) is 61.8 Å². The molecule has 2 saturated carbocycles. The molecular weight excluding hydrogens is 310 g/mol. The zero-order chi connectivity index (χ0) is 17.1. The zero-order valence-electron chi connectivity index (χ0n) is 14.5. The van der Waals surface area contributed by atoms with Crippen molar-refractivity contribution in [3.8, 4) is 5.69 Å². The number of hydrazone groups is 1. The van der Waals surface area contributed by atoms with Crippen LogP contribution in [-0.4, -0.2) is 16.2 Å². The van der Waals surface area contributed by atoms with E-state index in [4.69, 9.17) is 0 Å². The molecule has 2 atom stereocenters. The minimum atomic E-state index is -0.137. The largest absolute Gasteiger partial charge is 0.323 e. The molecule has 1 amide bonds. The molecule has 2 fully saturated rings. The van der Waals surface area contributed by atoms with Crippen LogP contribution in [0.4, 0.5) is 0 Å². The number of rotatable bonds is 3. The molecule has 2 aliphatic carbocycles. The Labute approximate surface area is 148 Å². The summed E-state index contributed by atoms with van der Waals surface area (Å²) < 4.78 is 1.95. The van der Waals surface area contributed by atoms with Crippen LogP contribution >= 0.6 is 0 Å². The van der Waals surface area contributed by atoms with E-state index < -0.39 is 0 Å². The fourth-order valence-electron chi connectivity index (χ4n) is 4.37. The van der Waals surface area contributed by atoms with Gasteiger partial charge < -0.3 is 4.57 Å². The second kappa shape index (κ2) is 7.26. The smallest absolute Gasteiger partial charge is 0.273 e. The van der Waals surface area contributed by atoms with Crippen LogP contribution in [-0.2, 0) is 0 Å². The number of carbonyl (C=O) groups is 1. The van der Waals surface area contributed by atoms with Crippen molar-refractivity contribution < 1.29 is 4.79 Å².